The van der Waals surface area contributed by atoms with Crippen molar-refractivity contribution in [2.45, 2.75) is 19.2 Å². The van der Waals surface area contributed by atoms with E-state index in [1.54, 1.807) is 17.9 Å². The molecule has 1 aromatic carbocycles. The molecular formula is C18H16F3N5O2. The van der Waals surface area contributed by atoms with Gasteiger partial charge in [0.25, 0.3) is 5.56 Å². The summed E-state index contributed by atoms with van der Waals surface area (Å²) in [6, 6.07) is 5.13. The Hall–Kier alpha value is -3.14. The van der Waals surface area contributed by atoms with Crippen LogP contribution in [-0.4, -0.2) is 39.3 Å². The Balaban J connectivity index is 1.82. The van der Waals surface area contributed by atoms with E-state index in [-0.39, 0.29) is 22.8 Å². The molecule has 3 N–H and O–H groups in total. The molecule has 0 saturated carbocycles. The molecule has 0 spiro atoms. The molecule has 4 rings (SSSR count). The van der Waals surface area contributed by atoms with Gasteiger partial charge in [-0.1, -0.05) is 0 Å². The number of hydrogen-bond acceptors (Lipinski definition) is 6. The van der Waals surface area contributed by atoms with E-state index in [1.807, 2.05) is 0 Å². The van der Waals surface area contributed by atoms with E-state index in [0.717, 1.165) is 12.1 Å². The van der Waals surface area contributed by atoms with Gasteiger partial charge < -0.3 is 20.3 Å². The van der Waals surface area contributed by atoms with Gasteiger partial charge in [-0.25, -0.2) is 4.98 Å². The highest BCUT2D eigenvalue weighted by molar-refractivity contribution is 5.91. The van der Waals surface area contributed by atoms with E-state index in [9.17, 15) is 23.1 Å². The molecule has 3 aromatic rings. The summed E-state index contributed by atoms with van der Waals surface area (Å²) in [6.07, 6.45) is -3.54. The van der Waals surface area contributed by atoms with Crippen LogP contribution in [0, 0.1) is 6.92 Å². The Morgan fingerprint density at radius 2 is 2.00 bits per heavy atom. The Morgan fingerprint density at radius 3 is 2.68 bits per heavy atom. The zero-order chi connectivity index (χ0) is 20.1. The summed E-state index contributed by atoms with van der Waals surface area (Å²) in [5, 5.41) is 12.5. The molecule has 0 atom stereocenters. The van der Waals surface area contributed by atoms with Gasteiger partial charge in [0.15, 0.2) is 0 Å². The average Bonchev–Trinajstić information content (AvgIpc) is 2.57. The predicted molar refractivity (Wildman–Crippen MR) is 97.8 cm³/mol. The van der Waals surface area contributed by atoms with Crippen LogP contribution in [0.5, 0.6) is 0 Å². The minimum atomic E-state index is -4.49. The fourth-order valence-electron chi connectivity index (χ4n) is 3.08. The van der Waals surface area contributed by atoms with Crippen molar-refractivity contribution in [2.24, 2.45) is 0 Å². The highest BCUT2D eigenvalue weighted by Gasteiger charge is 2.31. The minimum Gasteiger partial charge on any atom is -0.389 e. The maximum atomic E-state index is 13.1. The van der Waals surface area contributed by atoms with E-state index < -0.39 is 23.4 Å². The van der Waals surface area contributed by atoms with Crippen molar-refractivity contribution in [3.05, 3.63) is 51.9 Å². The van der Waals surface area contributed by atoms with Crippen molar-refractivity contribution in [1.29, 1.82) is 0 Å². The summed E-state index contributed by atoms with van der Waals surface area (Å²) in [6.45, 7) is 2.24. The summed E-state index contributed by atoms with van der Waals surface area (Å²) in [4.78, 5) is 25.2. The lowest BCUT2D eigenvalue weighted by Gasteiger charge is -2.36. The zero-order valence-electron chi connectivity index (χ0n) is 14.7. The van der Waals surface area contributed by atoms with E-state index >= 15 is 0 Å². The molecule has 1 aliphatic heterocycles. The molecule has 28 heavy (non-hydrogen) atoms. The number of benzene rings is 1. The first-order chi connectivity index (χ1) is 13.2. The Bertz CT molecular complexity index is 1110. The lowest BCUT2D eigenvalue weighted by Crippen LogP contribution is -2.51. The Kier molecular flexibility index (Phi) is 4.22. The fraction of sp³-hybridized carbons (Fsp3) is 0.278. The largest absolute Gasteiger partial charge is 0.416 e. The second kappa shape index (κ2) is 6.48. The molecular weight excluding hydrogens is 375 g/mol. The third-order valence-corrected chi connectivity index (χ3v) is 4.42. The van der Waals surface area contributed by atoms with Crippen LogP contribution in [0.1, 0.15) is 11.1 Å². The van der Waals surface area contributed by atoms with Gasteiger partial charge >= 0.3 is 6.18 Å². The van der Waals surface area contributed by atoms with Gasteiger partial charge in [-0.2, -0.15) is 18.2 Å². The maximum absolute atomic E-state index is 13.1. The third-order valence-electron chi connectivity index (χ3n) is 4.42. The normalized spacial score (nSPS) is 15.0. The number of rotatable bonds is 3. The highest BCUT2D eigenvalue weighted by atomic mass is 19.4. The van der Waals surface area contributed by atoms with E-state index in [2.05, 4.69) is 20.3 Å². The lowest BCUT2D eigenvalue weighted by atomic mass is 10.1. The molecule has 0 amide bonds. The van der Waals surface area contributed by atoms with Gasteiger partial charge in [0.1, 0.15) is 11.2 Å². The second-order valence-electron chi connectivity index (χ2n) is 6.71. The minimum absolute atomic E-state index is 0.0990. The molecule has 7 nitrogen and oxygen atoms in total. The standard InChI is InChI=1S/C18H16F3N5O2/c1-9-4-10(18(19,20)21)6-11(5-9)23-15-14-13(2-3-22-16(14)28)24-17(25-15)26-7-12(27)8-26/h2-6,12,27H,7-8H2,1H3,(H,22,28)(H,23,24,25). The quantitative estimate of drug-likeness (QED) is 0.635. The number of alkyl halides is 3. The first-order valence-electron chi connectivity index (χ1n) is 8.49. The van der Waals surface area contributed by atoms with Crippen molar-refractivity contribution in [1.82, 2.24) is 15.0 Å². The van der Waals surface area contributed by atoms with Gasteiger partial charge in [-0.15, -0.1) is 0 Å². The van der Waals surface area contributed by atoms with Crippen LogP contribution in [0.25, 0.3) is 10.9 Å². The molecule has 0 bridgehead atoms. The Labute approximate surface area is 156 Å². The molecule has 10 heteroatoms. The number of aliphatic hydroxyl groups is 1. The van der Waals surface area contributed by atoms with Crippen LogP contribution >= 0.6 is 0 Å². The van der Waals surface area contributed by atoms with Crippen LogP contribution in [0.3, 0.4) is 0 Å². The lowest BCUT2D eigenvalue weighted by molar-refractivity contribution is -0.137. The predicted octanol–water partition coefficient (Wildman–Crippen LogP) is 2.57. The number of anilines is 3. The summed E-state index contributed by atoms with van der Waals surface area (Å²) in [5.41, 5.74) is -0.338. The van der Waals surface area contributed by atoms with Gasteiger partial charge in [0.2, 0.25) is 5.95 Å². The number of halogens is 3. The van der Waals surface area contributed by atoms with Crippen LogP contribution in [-0.2, 0) is 6.18 Å². The van der Waals surface area contributed by atoms with Gasteiger partial charge in [0.05, 0.1) is 17.2 Å². The molecule has 1 saturated heterocycles. The molecule has 3 heterocycles. The smallest absolute Gasteiger partial charge is 0.389 e. The summed E-state index contributed by atoms with van der Waals surface area (Å²) in [7, 11) is 0. The topological polar surface area (TPSA) is 94.1 Å². The molecule has 1 aliphatic rings. The van der Waals surface area contributed by atoms with Gasteiger partial charge in [-0.05, 0) is 36.8 Å². The molecule has 0 aliphatic carbocycles. The van der Waals surface area contributed by atoms with Crippen molar-refractivity contribution in [2.75, 3.05) is 23.3 Å². The average molecular weight is 391 g/mol. The Morgan fingerprint density at radius 1 is 1.25 bits per heavy atom. The maximum Gasteiger partial charge on any atom is 0.416 e. The second-order valence-corrected chi connectivity index (χ2v) is 6.71. The molecule has 1 fully saturated rings. The van der Waals surface area contributed by atoms with Crippen molar-refractivity contribution in [3.8, 4) is 0 Å². The monoisotopic (exact) mass is 391 g/mol. The number of aryl methyl sites for hydroxylation is 1. The number of aliphatic hydroxyl groups excluding tert-OH is 1. The molecule has 146 valence electrons. The molecule has 0 radical (unpaired) electrons. The summed E-state index contributed by atoms with van der Waals surface area (Å²) in [5.74, 6) is 0.386. The zero-order valence-corrected chi connectivity index (χ0v) is 14.7. The molecule has 0 unspecified atom stereocenters. The van der Waals surface area contributed by atoms with E-state index in [0.29, 0.717) is 24.2 Å². The van der Waals surface area contributed by atoms with Crippen LogP contribution < -0.4 is 15.8 Å². The number of aromatic nitrogens is 3. The number of aromatic amines is 1. The fourth-order valence-corrected chi connectivity index (χ4v) is 3.08. The molecule has 2 aromatic heterocycles. The van der Waals surface area contributed by atoms with Crippen LogP contribution in [0.2, 0.25) is 0 Å². The number of β-amino-alcohol motifs (C(OH)–C–C–N with tert-alkyl or cyclic N) is 1. The van der Waals surface area contributed by atoms with Crippen molar-refractivity contribution < 1.29 is 18.3 Å². The number of H-pyrrole nitrogens is 1. The first kappa shape index (κ1) is 18.2. The van der Waals surface area contributed by atoms with Gasteiger partial charge in [-0.3, -0.25) is 4.79 Å². The van der Waals surface area contributed by atoms with Crippen molar-refractivity contribution in [3.63, 3.8) is 0 Å². The number of hydrogen-bond donors (Lipinski definition) is 3. The third kappa shape index (κ3) is 3.38. The highest BCUT2D eigenvalue weighted by Crippen LogP contribution is 2.33. The summed E-state index contributed by atoms with van der Waals surface area (Å²) >= 11 is 0. The van der Waals surface area contributed by atoms with Crippen LogP contribution in [0.4, 0.5) is 30.6 Å². The first-order valence-corrected chi connectivity index (χ1v) is 8.49. The number of nitrogens with zero attached hydrogens (tertiary/aromatic N) is 3. The number of fused-ring (bicyclic) bond motifs is 1. The SMILES string of the molecule is Cc1cc(Nc2nc(N3CC(O)C3)nc3cc[nH]c(=O)c23)cc(C(F)(F)F)c1. The summed E-state index contributed by atoms with van der Waals surface area (Å²) < 4.78 is 39.4. The number of pyridine rings is 1. The van der Waals surface area contributed by atoms with Gasteiger partial charge in [0, 0.05) is 25.0 Å². The van der Waals surface area contributed by atoms with E-state index in [4.69, 9.17) is 0 Å². The number of nitrogens with one attached hydrogen (secondary N) is 2. The van der Waals surface area contributed by atoms with Crippen LogP contribution in [0.15, 0.2) is 35.3 Å². The van der Waals surface area contributed by atoms with Crippen molar-refractivity contribution >= 4 is 28.4 Å². The van der Waals surface area contributed by atoms with E-state index in [1.165, 1.54) is 12.3 Å².